The van der Waals surface area contributed by atoms with Gasteiger partial charge in [0.05, 0.1) is 24.8 Å². The third-order valence-corrected chi connectivity index (χ3v) is 3.66. The summed E-state index contributed by atoms with van der Waals surface area (Å²) in [6, 6.07) is 6.18. The number of hydrogen-bond acceptors (Lipinski definition) is 5. The van der Waals surface area contributed by atoms with E-state index in [1.807, 2.05) is 6.07 Å². The molecule has 0 bridgehead atoms. The van der Waals surface area contributed by atoms with Gasteiger partial charge in [0, 0.05) is 18.5 Å². The van der Waals surface area contributed by atoms with Crippen molar-refractivity contribution in [3.05, 3.63) is 30.1 Å². The Labute approximate surface area is 124 Å². The fourth-order valence-electron chi connectivity index (χ4n) is 2.54. The summed E-state index contributed by atoms with van der Waals surface area (Å²) in [6.45, 7) is 5.01. The number of hydrogen-bond donors (Lipinski definition) is 1. The number of ether oxygens (including phenoxy) is 2. The molecule has 5 heteroatoms. The Morgan fingerprint density at radius 1 is 1.38 bits per heavy atom. The molecule has 1 aromatic carbocycles. The summed E-state index contributed by atoms with van der Waals surface area (Å²) in [5, 5.41) is 4.38. The molecule has 1 atom stereocenters. The van der Waals surface area contributed by atoms with Gasteiger partial charge in [-0.1, -0.05) is 11.6 Å². The SMILES string of the molecule is Cc1ccc2ncnc(NCCOCC3CCCO3)c2c1. The molecule has 1 N–H and O–H groups in total. The third-order valence-electron chi connectivity index (χ3n) is 3.66. The average molecular weight is 287 g/mol. The fraction of sp³-hybridized carbons (Fsp3) is 0.500. The summed E-state index contributed by atoms with van der Waals surface area (Å²) < 4.78 is 11.2. The maximum Gasteiger partial charge on any atom is 0.137 e. The fourth-order valence-corrected chi connectivity index (χ4v) is 2.54. The number of nitrogens with zero attached hydrogens (tertiary/aromatic N) is 2. The van der Waals surface area contributed by atoms with E-state index in [2.05, 4.69) is 34.3 Å². The zero-order chi connectivity index (χ0) is 14.5. The predicted molar refractivity (Wildman–Crippen MR) is 82.6 cm³/mol. The van der Waals surface area contributed by atoms with Crippen molar-refractivity contribution in [3.8, 4) is 0 Å². The lowest BCUT2D eigenvalue weighted by molar-refractivity contribution is 0.0206. The van der Waals surface area contributed by atoms with Crippen molar-refractivity contribution in [2.45, 2.75) is 25.9 Å². The van der Waals surface area contributed by atoms with Crippen LogP contribution in [0.5, 0.6) is 0 Å². The van der Waals surface area contributed by atoms with Gasteiger partial charge in [-0.3, -0.25) is 0 Å². The molecule has 0 radical (unpaired) electrons. The maximum absolute atomic E-state index is 5.64. The van der Waals surface area contributed by atoms with Crippen LogP contribution in [0.3, 0.4) is 0 Å². The highest BCUT2D eigenvalue weighted by Crippen LogP contribution is 2.20. The first kappa shape index (κ1) is 14.2. The van der Waals surface area contributed by atoms with Crippen molar-refractivity contribution < 1.29 is 9.47 Å². The molecule has 1 fully saturated rings. The van der Waals surface area contributed by atoms with Crippen LogP contribution in [-0.4, -0.2) is 42.4 Å². The topological polar surface area (TPSA) is 56.3 Å². The monoisotopic (exact) mass is 287 g/mol. The van der Waals surface area contributed by atoms with Gasteiger partial charge < -0.3 is 14.8 Å². The number of aromatic nitrogens is 2. The maximum atomic E-state index is 5.64. The van der Waals surface area contributed by atoms with E-state index in [4.69, 9.17) is 9.47 Å². The normalized spacial score (nSPS) is 18.2. The van der Waals surface area contributed by atoms with Gasteiger partial charge in [0.15, 0.2) is 0 Å². The van der Waals surface area contributed by atoms with E-state index in [9.17, 15) is 0 Å². The van der Waals surface area contributed by atoms with E-state index >= 15 is 0 Å². The Hall–Kier alpha value is -1.72. The summed E-state index contributed by atoms with van der Waals surface area (Å²) in [5.41, 5.74) is 2.16. The van der Waals surface area contributed by atoms with Crippen LogP contribution in [0.4, 0.5) is 5.82 Å². The van der Waals surface area contributed by atoms with Gasteiger partial charge in [-0.05, 0) is 31.9 Å². The Bertz CT molecular complexity index is 597. The molecule has 5 nitrogen and oxygen atoms in total. The molecule has 1 saturated heterocycles. The van der Waals surface area contributed by atoms with Gasteiger partial charge in [-0.25, -0.2) is 9.97 Å². The van der Waals surface area contributed by atoms with Crippen LogP contribution >= 0.6 is 0 Å². The minimum absolute atomic E-state index is 0.285. The summed E-state index contributed by atoms with van der Waals surface area (Å²) in [7, 11) is 0. The van der Waals surface area contributed by atoms with Gasteiger partial charge in [-0.2, -0.15) is 0 Å². The summed E-state index contributed by atoms with van der Waals surface area (Å²) >= 11 is 0. The molecule has 0 saturated carbocycles. The first-order valence-electron chi connectivity index (χ1n) is 7.47. The Balaban J connectivity index is 1.51. The quantitative estimate of drug-likeness (QED) is 0.827. The molecule has 1 aromatic heterocycles. The van der Waals surface area contributed by atoms with E-state index in [1.165, 1.54) is 5.56 Å². The minimum Gasteiger partial charge on any atom is -0.377 e. The Morgan fingerprint density at radius 2 is 2.33 bits per heavy atom. The Kier molecular flexibility index (Phi) is 4.62. The number of fused-ring (bicyclic) bond motifs is 1. The molecule has 1 aliphatic rings. The van der Waals surface area contributed by atoms with Crippen LogP contribution in [0.25, 0.3) is 10.9 Å². The second kappa shape index (κ2) is 6.83. The molecule has 3 rings (SSSR count). The van der Waals surface area contributed by atoms with E-state index < -0.39 is 0 Å². The van der Waals surface area contributed by atoms with Crippen LogP contribution < -0.4 is 5.32 Å². The van der Waals surface area contributed by atoms with Crippen molar-refractivity contribution in [2.24, 2.45) is 0 Å². The Morgan fingerprint density at radius 3 is 3.19 bits per heavy atom. The number of anilines is 1. The lowest BCUT2D eigenvalue weighted by Gasteiger charge is -2.11. The summed E-state index contributed by atoms with van der Waals surface area (Å²) in [4.78, 5) is 8.60. The second-order valence-corrected chi connectivity index (χ2v) is 5.38. The third kappa shape index (κ3) is 3.68. The highest BCUT2D eigenvalue weighted by molar-refractivity contribution is 5.89. The first-order chi connectivity index (χ1) is 10.3. The second-order valence-electron chi connectivity index (χ2n) is 5.38. The minimum atomic E-state index is 0.285. The van der Waals surface area contributed by atoms with E-state index in [-0.39, 0.29) is 6.10 Å². The van der Waals surface area contributed by atoms with Gasteiger partial charge in [0.25, 0.3) is 0 Å². The number of rotatable bonds is 6. The van der Waals surface area contributed by atoms with Crippen LogP contribution in [-0.2, 0) is 9.47 Å². The van der Waals surface area contributed by atoms with Crippen molar-refractivity contribution in [1.29, 1.82) is 0 Å². The molecule has 2 aromatic rings. The zero-order valence-corrected chi connectivity index (χ0v) is 12.3. The van der Waals surface area contributed by atoms with Gasteiger partial charge >= 0.3 is 0 Å². The molecule has 0 amide bonds. The van der Waals surface area contributed by atoms with E-state index in [0.29, 0.717) is 13.2 Å². The molecule has 1 aliphatic heterocycles. The lowest BCUT2D eigenvalue weighted by atomic mass is 10.1. The lowest BCUT2D eigenvalue weighted by Crippen LogP contribution is -2.18. The average Bonchev–Trinajstić information content (AvgIpc) is 3.00. The van der Waals surface area contributed by atoms with Crippen LogP contribution in [0.15, 0.2) is 24.5 Å². The highest BCUT2D eigenvalue weighted by Gasteiger charge is 2.14. The molecule has 0 aliphatic carbocycles. The van der Waals surface area contributed by atoms with Crippen LogP contribution in [0.2, 0.25) is 0 Å². The molecule has 0 spiro atoms. The van der Waals surface area contributed by atoms with E-state index in [1.54, 1.807) is 6.33 Å². The van der Waals surface area contributed by atoms with Gasteiger partial charge in [0.1, 0.15) is 12.1 Å². The van der Waals surface area contributed by atoms with Gasteiger partial charge in [0.2, 0.25) is 0 Å². The molecule has 2 heterocycles. The highest BCUT2D eigenvalue weighted by atomic mass is 16.5. The molecular weight excluding hydrogens is 266 g/mol. The smallest absolute Gasteiger partial charge is 0.137 e. The number of benzene rings is 1. The van der Waals surface area contributed by atoms with Crippen molar-refractivity contribution >= 4 is 16.7 Å². The van der Waals surface area contributed by atoms with Crippen molar-refractivity contribution in [2.75, 3.05) is 31.7 Å². The predicted octanol–water partition coefficient (Wildman–Crippen LogP) is 2.55. The molecular formula is C16H21N3O2. The molecule has 112 valence electrons. The standard InChI is InChI=1S/C16H21N3O2/c1-12-4-5-15-14(9-12)16(19-11-18-15)17-6-8-20-10-13-3-2-7-21-13/h4-5,9,11,13H,2-3,6-8,10H2,1H3,(H,17,18,19). The number of nitrogens with one attached hydrogen (secondary N) is 1. The van der Waals surface area contributed by atoms with Crippen molar-refractivity contribution in [1.82, 2.24) is 9.97 Å². The van der Waals surface area contributed by atoms with E-state index in [0.717, 1.165) is 42.7 Å². The van der Waals surface area contributed by atoms with Gasteiger partial charge in [-0.15, -0.1) is 0 Å². The number of aryl methyl sites for hydroxylation is 1. The summed E-state index contributed by atoms with van der Waals surface area (Å²) in [6.07, 6.45) is 4.14. The van der Waals surface area contributed by atoms with Crippen molar-refractivity contribution in [3.63, 3.8) is 0 Å². The zero-order valence-electron chi connectivity index (χ0n) is 12.3. The first-order valence-corrected chi connectivity index (χ1v) is 7.47. The van der Waals surface area contributed by atoms with Crippen LogP contribution in [0, 0.1) is 6.92 Å². The molecule has 21 heavy (non-hydrogen) atoms. The van der Waals surface area contributed by atoms with Crippen LogP contribution in [0.1, 0.15) is 18.4 Å². The molecule has 1 unspecified atom stereocenters. The summed E-state index contributed by atoms with van der Waals surface area (Å²) in [5.74, 6) is 0.865. The largest absolute Gasteiger partial charge is 0.377 e.